The van der Waals surface area contributed by atoms with Crippen molar-refractivity contribution >= 4 is 27.3 Å². The molecule has 0 atom stereocenters. The molecule has 0 aliphatic heterocycles. The molecular weight excluding hydrogens is 236 g/mol. The molecule has 0 radical (unpaired) electrons. The molecule has 12 heavy (non-hydrogen) atoms. The van der Waals surface area contributed by atoms with E-state index in [9.17, 15) is 0 Å². The van der Waals surface area contributed by atoms with Crippen molar-refractivity contribution in [1.29, 1.82) is 0 Å². The first-order valence-corrected chi connectivity index (χ1v) is 5.40. The third kappa shape index (κ3) is 2.02. The van der Waals surface area contributed by atoms with E-state index >= 15 is 0 Å². The molecule has 0 saturated carbocycles. The van der Waals surface area contributed by atoms with Gasteiger partial charge in [-0.3, -0.25) is 0 Å². The van der Waals surface area contributed by atoms with E-state index in [0.717, 1.165) is 9.54 Å². The zero-order valence-electron chi connectivity index (χ0n) is 7.77. The van der Waals surface area contributed by atoms with Crippen LogP contribution in [0.5, 0.6) is 5.06 Å². The molecule has 3 heteroatoms. The first-order valence-electron chi connectivity index (χ1n) is 3.79. The Morgan fingerprint density at radius 2 is 2.00 bits per heavy atom. The Kier molecular flexibility index (Phi) is 2.84. The fraction of sp³-hybridized carbons (Fsp3) is 0.556. The minimum Gasteiger partial charge on any atom is -0.487 e. The fourth-order valence-electron chi connectivity index (χ4n) is 0.960. The molecule has 0 aliphatic carbocycles. The predicted octanol–water partition coefficient (Wildman–Crippen LogP) is 3.82. The van der Waals surface area contributed by atoms with Crippen LogP contribution < -0.4 is 4.74 Å². The van der Waals surface area contributed by atoms with Gasteiger partial charge in [-0.05, 0) is 21.3 Å². The van der Waals surface area contributed by atoms with Gasteiger partial charge < -0.3 is 4.74 Å². The Bertz CT molecular complexity index is 273. The quantitative estimate of drug-likeness (QED) is 0.735. The van der Waals surface area contributed by atoms with Crippen LogP contribution in [0, 0.1) is 0 Å². The molecule has 0 saturated heterocycles. The highest BCUT2D eigenvalue weighted by Crippen LogP contribution is 2.40. The third-order valence-electron chi connectivity index (χ3n) is 1.55. The van der Waals surface area contributed by atoms with Gasteiger partial charge in [0.1, 0.15) is 0 Å². The topological polar surface area (TPSA) is 9.23 Å². The van der Waals surface area contributed by atoms with Crippen LogP contribution in [-0.4, -0.2) is 7.11 Å². The van der Waals surface area contributed by atoms with Crippen LogP contribution in [-0.2, 0) is 5.41 Å². The van der Waals surface area contributed by atoms with Gasteiger partial charge in [-0.25, -0.2) is 0 Å². The maximum Gasteiger partial charge on any atom is 0.174 e. The number of hydrogen-bond donors (Lipinski definition) is 0. The summed E-state index contributed by atoms with van der Waals surface area (Å²) in [5, 5.41) is 0.965. The molecule has 0 unspecified atom stereocenters. The van der Waals surface area contributed by atoms with Crippen molar-refractivity contribution in [2.24, 2.45) is 0 Å². The van der Waals surface area contributed by atoms with Gasteiger partial charge in [-0.15, -0.1) is 11.3 Å². The molecule has 0 N–H and O–H groups in total. The van der Waals surface area contributed by atoms with Gasteiger partial charge in [0.15, 0.2) is 5.06 Å². The Morgan fingerprint density at radius 3 is 2.25 bits per heavy atom. The molecule has 1 heterocycles. The molecule has 0 amide bonds. The Labute approximate surface area is 85.9 Å². The summed E-state index contributed by atoms with van der Waals surface area (Å²) in [6.07, 6.45) is 0. The molecule has 68 valence electrons. The van der Waals surface area contributed by atoms with Gasteiger partial charge in [0.2, 0.25) is 0 Å². The molecule has 0 bridgehead atoms. The Hall–Kier alpha value is -0.0200. The highest BCUT2D eigenvalue weighted by molar-refractivity contribution is 9.10. The highest BCUT2D eigenvalue weighted by atomic mass is 79.9. The van der Waals surface area contributed by atoms with Crippen molar-refractivity contribution in [2.45, 2.75) is 26.2 Å². The molecular formula is C9H13BrOS. The summed E-state index contributed by atoms with van der Waals surface area (Å²) in [4.78, 5) is 1.33. The summed E-state index contributed by atoms with van der Waals surface area (Å²) in [6, 6.07) is 2.02. The fourth-order valence-corrected chi connectivity index (χ4v) is 3.08. The standard InChI is InChI=1S/C9H13BrOS/c1-9(2,3)8-6(10)5-7(11-4)12-8/h5H,1-4H3. The summed E-state index contributed by atoms with van der Waals surface area (Å²) in [5.74, 6) is 0. The number of ether oxygens (including phenoxy) is 1. The van der Waals surface area contributed by atoms with E-state index in [1.54, 1.807) is 18.4 Å². The zero-order valence-corrected chi connectivity index (χ0v) is 10.2. The van der Waals surface area contributed by atoms with Gasteiger partial charge >= 0.3 is 0 Å². The van der Waals surface area contributed by atoms with E-state index < -0.39 is 0 Å². The summed E-state index contributed by atoms with van der Waals surface area (Å²) in [7, 11) is 1.70. The summed E-state index contributed by atoms with van der Waals surface area (Å²) < 4.78 is 6.31. The zero-order chi connectivity index (χ0) is 9.35. The molecule has 0 aromatic carbocycles. The van der Waals surface area contributed by atoms with E-state index in [1.165, 1.54) is 4.88 Å². The largest absolute Gasteiger partial charge is 0.487 e. The van der Waals surface area contributed by atoms with Crippen LogP contribution >= 0.6 is 27.3 Å². The Morgan fingerprint density at radius 1 is 1.42 bits per heavy atom. The van der Waals surface area contributed by atoms with Crippen molar-refractivity contribution in [2.75, 3.05) is 7.11 Å². The maximum absolute atomic E-state index is 5.16. The number of thiophene rings is 1. The van der Waals surface area contributed by atoms with E-state index in [-0.39, 0.29) is 5.41 Å². The SMILES string of the molecule is COc1cc(Br)c(C(C)(C)C)s1. The predicted molar refractivity (Wildman–Crippen MR) is 57.3 cm³/mol. The van der Waals surface area contributed by atoms with Crippen LogP contribution in [0.4, 0.5) is 0 Å². The van der Waals surface area contributed by atoms with Crippen LogP contribution in [0.1, 0.15) is 25.6 Å². The van der Waals surface area contributed by atoms with E-state index in [4.69, 9.17) is 4.74 Å². The number of halogens is 1. The molecule has 1 rings (SSSR count). The second kappa shape index (κ2) is 3.38. The van der Waals surface area contributed by atoms with Crippen molar-refractivity contribution in [3.05, 3.63) is 15.4 Å². The van der Waals surface area contributed by atoms with Gasteiger partial charge in [0, 0.05) is 15.4 Å². The second-order valence-corrected chi connectivity index (χ2v) is 5.57. The molecule has 1 nitrogen and oxygen atoms in total. The first kappa shape index (κ1) is 10.1. The summed E-state index contributed by atoms with van der Waals surface area (Å²) in [6.45, 7) is 6.59. The van der Waals surface area contributed by atoms with Gasteiger partial charge in [-0.1, -0.05) is 20.8 Å². The second-order valence-electron chi connectivity index (χ2n) is 3.70. The average molecular weight is 249 g/mol. The summed E-state index contributed by atoms with van der Waals surface area (Å²) >= 11 is 5.22. The van der Waals surface area contributed by atoms with Gasteiger partial charge in [0.05, 0.1) is 7.11 Å². The normalized spacial score (nSPS) is 11.8. The minimum absolute atomic E-state index is 0.195. The van der Waals surface area contributed by atoms with Crippen molar-refractivity contribution in [3.8, 4) is 5.06 Å². The monoisotopic (exact) mass is 248 g/mol. The van der Waals surface area contributed by atoms with Crippen LogP contribution in [0.15, 0.2) is 10.5 Å². The van der Waals surface area contributed by atoms with Crippen LogP contribution in [0.25, 0.3) is 0 Å². The van der Waals surface area contributed by atoms with Gasteiger partial charge in [-0.2, -0.15) is 0 Å². The van der Waals surface area contributed by atoms with E-state index in [2.05, 4.69) is 36.7 Å². The lowest BCUT2D eigenvalue weighted by Crippen LogP contribution is -2.08. The van der Waals surface area contributed by atoms with E-state index in [1.807, 2.05) is 6.07 Å². The number of rotatable bonds is 1. The minimum atomic E-state index is 0.195. The Balaban J connectivity index is 3.08. The van der Waals surface area contributed by atoms with Gasteiger partial charge in [0.25, 0.3) is 0 Å². The maximum atomic E-state index is 5.16. The molecule has 1 aromatic rings. The average Bonchev–Trinajstić information content (AvgIpc) is 2.29. The molecule has 1 aromatic heterocycles. The van der Waals surface area contributed by atoms with Crippen LogP contribution in [0.2, 0.25) is 0 Å². The van der Waals surface area contributed by atoms with Crippen molar-refractivity contribution in [3.63, 3.8) is 0 Å². The highest BCUT2D eigenvalue weighted by Gasteiger charge is 2.20. The lowest BCUT2D eigenvalue weighted by molar-refractivity contribution is 0.427. The number of hydrogen-bond acceptors (Lipinski definition) is 2. The van der Waals surface area contributed by atoms with Crippen molar-refractivity contribution in [1.82, 2.24) is 0 Å². The number of methoxy groups -OCH3 is 1. The third-order valence-corrected chi connectivity index (χ3v) is 3.96. The smallest absolute Gasteiger partial charge is 0.174 e. The van der Waals surface area contributed by atoms with Crippen molar-refractivity contribution < 1.29 is 4.74 Å². The summed E-state index contributed by atoms with van der Waals surface area (Å²) in [5.41, 5.74) is 0.195. The lowest BCUT2D eigenvalue weighted by Gasteiger charge is -2.16. The van der Waals surface area contributed by atoms with Crippen LogP contribution in [0.3, 0.4) is 0 Å². The molecule has 0 aliphatic rings. The lowest BCUT2D eigenvalue weighted by atomic mass is 9.95. The molecule has 0 fully saturated rings. The molecule has 0 spiro atoms. The first-order chi connectivity index (χ1) is 5.45. The van der Waals surface area contributed by atoms with E-state index in [0.29, 0.717) is 0 Å².